The number of likely N-dealkylation sites (tertiary alicyclic amines) is 1. The van der Waals surface area contributed by atoms with E-state index in [2.05, 4.69) is 15.6 Å². The monoisotopic (exact) mass is 574 g/mol. The topological polar surface area (TPSA) is 89.1 Å². The minimum absolute atomic E-state index is 0.00493. The molecule has 0 spiro atoms. The second kappa shape index (κ2) is 11.1. The van der Waals surface area contributed by atoms with E-state index in [9.17, 15) is 14.3 Å². The Balaban J connectivity index is 1.10. The van der Waals surface area contributed by atoms with Crippen molar-refractivity contribution in [3.8, 4) is 11.3 Å². The lowest BCUT2D eigenvalue weighted by Gasteiger charge is -2.32. The van der Waals surface area contributed by atoms with Gasteiger partial charge in [0.1, 0.15) is 17.3 Å². The van der Waals surface area contributed by atoms with Gasteiger partial charge in [0.2, 0.25) is 0 Å². The Labute approximate surface area is 248 Å². The summed E-state index contributed by atoms with van der Waals surface area (Å²) < 4.78 is 17.9. The molecular formula is C34H31FN6O2. The molecule has 4 heterocycles. The van der Waals surface area contributed by atoms with E-state index in [-0.39, 0.29) is 24.2 Å². The van der Waals surface area contributed by atoms with Crippen LogP contribution in [-0.4, -0.2) is 53.3 Å². The van der Waals surface area contributed by atoms with Crippen molar-refractivity contribution in [3.05, 3.63) is 114 Å². The summed E-state index contributed by atoms with van der Waals surface area (Å²) in [5, 5.41) is 14.9. The third-order valence-electron chi connectivity index (χ3n) is 8.42. The number of hydrogen-bond donors (Lipinski definition) is 1. The fourth-order valence-corrected chi connectivity index (χ4v) is 6.17. The molecule has 0 bridgehead atoms. The van der Waals surface area contributed by atoms with Gasteiger partial charge in [0.05, 0.1) is 28.9 Å². The Bertz CT molecular complexity index is 1950. The van der Waals surface area contributed by atoms with Gasteiger partial charge in [-0.1, -0.05) is 24.3 Å². The van der Waals surface area contributed by atoms with E-state index in [4.69, 9.17) is 10.1 Å². The molecule has 1 saturated heterocycles. The van der Waals surface area contributed by atoms with Crippen molar-refractivity contribution in [3.63, 3.8) is 0 Å². The Morgan fingerprint density at radius 3 is 2.58 bits per heavy atom. The first-order valence-corrected chi connectivity index (χ1v) is 14.5. The van der Waals surface area contributed by atoms with Gasteiger partial charge in [-0.15, -0.1) is 0 Å². The number of aliphatic hydroxyl groups is 1. The number of amides is 1. The highest BCUT2D eigenvalue weighted by atomic mass is 19.1. The number of halogens is 1. The Morgan fingerprint density at radius 2 is 1.81 bits per heavy atom. The van der Waals surface area contributed by atoms with Crippen LogP contribution in [0.15, 0.2) is 85.1 Å². The second-order valence-electron chi connectivity index (χ2n) is 11.1. The summed E-state index contributed by atoms with van der Waals surface area (Å²) in [6.07, 6.45) is 3.31. The second-order valence-corrected chi connectivity index (χ2v) is 11.1. The summed E-state index contributed by atoms with van der Waals surface area (Å²) in [5.41, 5.74) is 6.60. The van der Waals surface area contributed by atoms with E-state index in [1.807, 2.05) is 60.5 Å². The van der Waals surface area contributed by atoms with E-state index < -0.39 is 0 Å². The molecule has 0 atom stereocenters. The van der Waals surface area contributed by atoms with E-state index in [0.29, 0.717) is 30.9 Å². The molecule has 3 aromatic heterocycles. The molecule has 1 aliphatic heterocycles. The number of pyridine rings is 1. The van der Waals surface area contributed by atoms with Crippen LogP contribution in [0.3, 0.4) is 0 Å². The lowest BCUT2D eigenvalue weighted by Crippen LogP contribution is -2.38. The fraction of sp³-hybridized carbons (Fsp3) is 0.235. The van der Waals surface area contributed by atoms with E-state index >= 15 is 0 Å². The van der Waals surface area contributed by atoms with Crippen LogP contribution in [-0.2, 0) is 20.2 Å². The van der Waals surface area contributed by atoms with Gasteiger partial charge >= 0.3 is 0 Å². The zero-order valence-corrected chi connectivity index (χ0v) is 23.8. The zero-order chi connectivity index (χ0) is 29.5. The van der Waals surface area contributed by atoms with Crippen LogP contribution in [0.1, 0.15) is 46.2 Å². The smallest absolute Gasteiger partial charge is 0.253 e. The average molecular weight is 575 g/mol. The molecule has 9 heteroatoms. The number of aliphatic hydroxyl groups excluding tert-OH is 1. The molecule has 1 fully saturated rings. The number of imidazole rings is 1. The number of aryl methyl sites for hydroxylation is 1. The molecule has 0 aliphatic carbocycles. The van der Waals surface area contributed by atoms with Crippen molar-refractivity contribution < 1.29 is 14.3 Å². The van der Waals surface area contributed by atoms with Crippen molar-refractivity contribution in [1.29, 1.82) is 0 Å². The highest BCUT2D eigenvalue weighted by Gasteiger charge is 2.28. The number of carbonyl (C=O) groups is 1. The van der Waals surface area contributed by atoms with Crippen molar-refractivity contribution in [2.24, 2.45) is 7.05 Å². The van der Waals surface area contributed by atoms with Crippen molar-refractivity contribution in [2.45, 2.75) is 31.9 Å². The number of hydrogen-bond acceptors (Lipinski definition) is 5. The van der Waals surface area contributed by atoms with Crippen LogP contribution >= 0.6 is 0 Å². The summed E-state index contributed by atoms with van der Waals surface area (Å²) in [5.74, 6) is 0.940. The number of fused-ring (bicyclic) bond motifs is 2. The number of aromatic nitrogens is 5. The van der Waals surface area contributed by atoms with Gasteiger partial charge in [-0.25, -0.2) is 9.37 Å². The van der Waals surface area contributed by atoms with Gasteiger partial charge < -0.3 is 14.6 Å². The summed E-state index contributed by atoms with van der Waals surface area (Å²) in [6.45, 7) is 1.69. The van der Waals surface area contributed by atoms with Crippen LogP contribution in [0.2, 0.25) is 0 Å². The Hall–Kier alpha value is -4.89. The number of para-hydroxylation sites is 2. The van der Waals surface area contributed by atoms with Crippen LogP contribution in [0.5, 0.6) is 0 Å². The zero-order valence-electron chi connectivity index (χ0n) is 23.8. The van der Waals surface area contributed by atoms with Crippen LogP contribution in [0.25, 0.3) is 33.2 Å². The summed E-state index contributed by atoms with van der Waals surface area (Å²) in [4.78, 5) is 24.8. The molecule has 0 saturated carbocycles. The molecule has 6 aromatic rings. The minimum Gasteiger partial charge on any atom is -0.390 e. The van der Waals surface area contributed by atoms with E-state index in [1.165, 1.54) is 6.07 Å². The van der Waals surface area contributed by atoms with Crippen LogP contribution < -0.4 is 0 Å². The number of rotatable bonds is 6. The molecule has 43 heavy (non-hydrogen) atoms. The minimum atomic E-state index is -0.246. The molecule has 1 N–H and O–H groups in total. The predicted molar refractivity (Wildman–Crippen MR) is 163 cm³/mol. The molecule has 1 aliphatic rings. The first kappa shape index (κ1) is 27.0. The summed E-state index contributed by atoms with van der Waals surface area (Å²) in [6, 6.07) is 24.2. The molecule has 0 radical (unpaired) electrons. The third-order valence-corrected chi connectivity index (χ3v) is 8.42. The van der Waals surface area contributed by atoms with Crippen molar-refractivity contribution in [1.82, 2.24) is 29.2 Å². The average Bonchev–Trinajstić information content (AvgIpc) is 3.58. The first-order valence-electron chi connectivity index (χ1n) is 14.5. The van der Waals surface area contributed by atoms with Gasteiger partial charge in [-0.3, -0.25) is 14.5 Å². The maximum absolute atomic E-state index is 14.0. The molecule has 3 aromatic carbocycles. The van der Waals surface area contributed by atoms with Gasteiger partial charge in [-0.05, 0) is 73.0 Å². The number of nitrogens with zero attached hydrogens (tertiary/aromatic N) is 6. The summed E-state index contributed by atoms with van der Waals surface area (Å²) >= 11 is 0. The van der Waals surface area contributed by atoms with Gasteiger partial charge in [0.15, 0.2) is 0 Å². The molecule has 0 unspecified atom stereocenters. The van der Waals surface area contributed by atoms with E-state index in [1.54, 1.807) is 29.1 Å². The SMILES string of the molecule is Cn1nc(-c2ccc(CO)nc2)c2ccc(C(=O)N3CCC(c4nc5ccccc5n4Cc4cccc(F)c4)CC3)cc21. The fourth-order valence-electron chi connectivity index (χ4n) is 6.17. The van der Waals surface area contributed by atoms with Crippen LogP contribution in [0, 0.1) is 5.82 Å². The maximum atomic E-state index is 14.0. The normalized spacial score (nSPS) is 14.2. The van der Waals surface area contributed by atoms with E-state index in [0.717, 1.165) is 57.4 Å². The maximum Gasteiger partial charge on any atom is 0.253 e. The third kappa shape index (κ3) is 5.06. The number of carbonyl (C=O) groups excluding carboxylic acids is 1. The number of piperidine rings is 1. The van der Waals surface area contributed by atoms with Gasteiger partial charge in [-0.2, -0.15) is 5.10 Å². The quantitative estimate of drug-likeness (QED) is 0.276. The predicted octanol–water partition coefficient (Wildman–Crippen LogP) is 5.68. The van der Waals surface area contributed by atoms with Crippen LogP contribution in [0.4, 0.5) is 4.39 Å². The highest BCUT2D eigenvalue weighted by molar-refractivity contribution is 6.01. The summed E-state index contributed by atoms with van der Waals surface area (Å²) in [7, 11) is 1.87. The van der Waals surface area contributed by atoms with Crippen molar-refractivity contribution in [2.75, 3.05) is 13.1 Å². The number of benzene rings is 3. The molecule has 216 valence electrons. The van der Waals surface area contributed by atoms with Gasteiger partial charge in [0, 0.05) is 55.3 Å². The molecule has 1 amide bonds. The highest BCUT2D eigenvalue weighted by Crippen LogP contribution is 2.33. The van der Waals surface area contributed by atoms with Crippen molar-refractivity contribution >= 4 is 27.8 Å². The standard InChI is InChI=1S/C34H31FN6O2/c1-39-31-18-24(10-12-28(31)32(38-39)25-9-11-27(21-42)36-19-25)34(43)40-15-13-23(14-16-40)33-37-29-7-2-3-8-30(29)41(33)20-22-5-4-6-26(35)17-22/h2-12,17-19,23,42H,13-16,20-21H2,1H3. The molecule has 8 nitrogen and oxygen atoms in total. The lowest BCUT2D eigenvalue weighted by molar-refractivity contribution is 0.0710. The largest absolute Gasteiger partial charge is 0.390 e. The Kier molecular flexibility index (Phi) is 6.95. The molecule has 7 rings (SSSR count). The lowest BCUT2D eigenvalue weighted by atomic mass is 9.95. The Morgan fingerprint density at radius 1 is 0.977 bits per heavy atom. The first-order chi connectivity index (χ1) is 21.0. The molecular weight excluding hydrogens is 543 g/mol. The van der Waals surface area contributed by atoms with Gasteiger partial charge in [0.25, 0.3) is 5.91 Å².